The summed E-state index contributed by atoms with van der Waals surface area (Å²) in [6.45, 7) is 8.10. The molecule has 0 aliphatic heterocycles. The monoisotopic (exact) mass is 388 g/mol. The van der Waals surface area contributed by atoms with Crippen LogP contribution >= 0.6 is 0 Å². The van der Waals surface area contributed by atoms with Crippen LogP contribution in [-0.4, -0.2) is 9.55 Å². The minimum absolute atomic E-state index is 0.0199. The first kappa shape index (κ1) is 21.4. The van der Waals surface area contributed by atoms with Crippen molar-refractivity contribution in [1.29, 1.82) is 0 Å². The van der Waals surface area contributed by atoms with Gasteiger partial charge in [-0.2, -0.15) is 0 Å². The van der Waals surface area contributed by atoms with Gasteiger partial charge in [-0.1, -0.05) is 107 Å². The second-order valence-corrected chi connectivity index (χ2v) is 8.56. The van der Waals surface area contributed by atoms with Crippen molar-refractivity contribution in [3.63, 3.8) is 0 Å². The molecule has 0 amide bonds. The van der Waals surface area contributed by atoms with Crippen LogP contribution in [0.1, 0.15) is 75.7 Å². The Morgan fingerprint density at radius 2 is 1.55 bits per heavy atom. The largest absolute Gasteiger partial charge is 0.335 e. The van der Waals surface area contributed by atoms with Gasteiger partial charge in [0.1, 0.15) is 5.82 Å². The molecule has 2 atom stereocenters. The molecule has 29 heavy (non-hydrogen) atoms. The van der Waals surface area contributed by atoms with E-state index in [9.17, 15) is 0 Å². The van der Waals surface area contributed by atoms with Gasteiger partial charge < -0.3 is 4.57 Å². The average molecular weight is 389 g/mol. The van der Waals surface area contributed by atoms with Crippen LogP contribution in [0.15, 0.2) is 73.1 Å². The molecule has 0 N–H and O–H groups in total. The number of benzene rings is 2. The molecule has 3 rings (SSSR count). The average Bonchev–Trinajstić information content (AvgIpc) is 3.22. The first-order valence-corrected chi connectivity index (χ1v) is 11.3. The smallest absolute Gasteiger partial charge is 0.112 e. The highest BCUT2D eigenvalue weighted by Gasteiger charge is 2.36. The van der Waals surface area contributed by atoms with Gasteiger partial charge in [-0.25, -0.2) is 4.98 Å². The van der Waals surface area contributed by atoms with Crippen LogP contribution in [0, 0.1) is 0 Å². The molecule has 1 heterocycles. The lowest BCUT2D eigenvalue weighted by Crippen LogP contribution is -2.33. The predicted octanol–water partition coefficient (Wildman–Crippen LogP) is 7.16. The standard InChI is InChI=1S/C27H36N2/c1-4-5-6-7-14-20-29-21-19-28-26(29)23(2)27(3,25-17-12-9-13-18-25)22-24-15-10-8-11-16-24/h8-13,15-19,21,23H,4-7,14,20,22H2,1-3H3. The molecule has 2 nitrogen and oxygen atoms in total. The first-order valence-electron chi connectivity index (χ1n) is 11.3. The summed E-state index contributed by atoms with van der Waals surface area (Å²) in [5.41, 5.74) is 2.74. The molecule has 3 aromatic rings. The SMILES string of the molecule is CCCCCCCn1ccnc1C(C)C(C)(Cc1ccccc1)c1ccccc1. The zero-order valence-corrected chi connectivity index (χ0v) is 18.3. The van der Waals surface area contributed by atoms with Gasteiger partial charge in [-0.15, -0.1) is 0 Å². The number of aryl methyl sites for hydroxylation is 1. The maximum atomic E-state index is 4.83. The van der Waals surface area contributed by atoms with Gasteiger partial charge in [0.2, 0.25) is 0 Å². The number of rotatable bonds is 11. The van der Waals surface area contributed by atoms with Gasteiger partial charge >= 0.3 is 0 Å². The van der Waals surface area contributed by atoms with E-state index in [-0.39, 0.29) is 5.41 Å². The summed E-state index contributed by atoms with van der Waals surface area (Å²) in [5, 5.41) is 0. The third-order valence-electron chi connectivity index (χ3n) is 6.44. The van der Waals surface area contributed by atoms with E-state index in [0.29, 0.717) is 5.92 Å². The van der Waals surface area contributed by atoms with Crippen molar-refractivity contribution in [3.05, 3.63) is 90.0 Å². The van der Waals surface area contributed by atoms with Gasteiger partial charge in [0, 0.05) is 30.3 Å². The molecule has 2 aromatic carbocycles. The zero-order valence-electron chi connectivity index (χ0n) is 18.3. The molecular formula is C27H36N2. The Morgan fingerprint density at radius 1 is 0.897 bits per heavy atom. The van der Waals surface area contributed by atoms with Gasteiger partial charge in [0.25, 0.3) is 0 Å². The van der Waals surface area contributed by atoms with Crippen molar-refractivity contribution in [2.45, 2.75) is 77.2 Å². The first-order chi connectivity index (χ1) is 14.1. The minimum atomic E-state index is -0.0199. The van der Waals surface area contributed by atoms with E-state index in [1.54, 1.807) is 0 Å². The molecule has 0 aliphatic rings. The Hall–Kier alpha value is -2.35. The molecule has 1 aromatic heterocycles. The van der Waals surface area contributed by atoms with Crippen molar-refractivity contribution in [2.75, 3.05) is 0 Å². The molecule has 0 aliphatic carbocycles. The molecule has 154 valence electrons. The van der Waals surface area contributed by atoms with E-state index in [1.807, 2.05) is 6.20 Å². The molecule has 0 fully saturated rings. The lowest BCUT2D eigenvalue weighted by atomic mass is 9.68. The molecule has 0 saturated heterocycles. The molecular weight excluding hydrogens is 352 g/mol. The van der Waals surface area contributed by atoms with Gasteiger partial charge in [-0.05, 0) is 24.0 Å². The predicted molar refractivity (Wildman–Crippen MR) is 123 cm³/mol. The summed E-state index contributed by atoms with van der Waals surface area (Å²) in [4.78, 5) is 4.83. The van der Waals surface area contributed by atoms with Crippen LogP contribution in [0.3, 0.4) is 0 Å². The van der Waals surface area contributed by atoms with E-state index in [0.717, 1.165) is 13.0 Å². The van der Waals surface area contributed by atoms with Crippen molar-refractivity contribution >= 4 is 0 Å². The maximum absolute atomic E-state index is 4.83. The van der Waals surface area contributed by atoms with E-state index < -0.39 is 0 Å². The summed E-state index contributed by atoms with van der Waals surface area (Å²) < 4.78 is 2.39. The molecule has 2 unspecified atom stereocenters. The van der Waals surface area contributed by atoms with Crippen LogP contribution in [0.4, 0.5) is 0 Å². The second kappa shape index (κ2) is 10.4. The van der Waals surface area contributed by atoms with Gasteiger partial charge in [0.15, 0.2) is 0 Å². The van der Waals surface area contributed by atoms with Gasteiger partial charge in [-0.3, -0.25) is 0 Å². The van der Waals surface area contributed by atoms with Crippen LogP contribution in [0.5, 0.6) is 0 Å². The second-order valence-electron chi connectivity index (χ2n) is 8.56. The lowest BCUT2D eigenvalue weighted by Gasteiger charge is -2.36. The summed E-state index contributed by atoms with van der Waals surface area (Å²) in [6.07, 6.45) is 11.7. The third-order valence-corrected chi connectivity index (χ3v) is 6.44. The van der Waals surface area contributed by atoms with Crippen LogP contribution in [0.2, 0.25) is 0 Å². The number of unbranched alkanes of at least 4 members (excludes halogenated alkanes) is 4. The summed E-state index contributed by atoms with van der Waals surface area (Å²) in [6, 6.07) is 21.8. The van der Waals surface area contributed by atoms with Crippen LogP contribution in [0.25, 0.3) is 0 Å². The number of hydrogen-bond donors (Lipinski definition) is 0. The number of hydrogen-bond acceptors (Lipinski definition) is 1. The van der Waals surface area contributed by atoms with Gasteiger partial charge in [0.05, 0.1) is 0 Å². The molecule has 0 spiro atoms. The Balaban J connectivity index is 1.84. The van der Waals surface area contributed by atoms with Crippen molar-refractivity contribution in [2.24, 2.45) is 0 Å². The van der Waals surface area contributed by atoms with E-state index in [4.69, 9.17) is 4.98 Å². The molecule has 2 heteroatoms. The quantitative estimate of drug-likeness (QED) is 0.319. The fourth-order valence-electron chi connectivity index (χ4n) is 4.40. The Morgan fingerprint density at radius 3 is 2.24 bits per heavy atom. The lowest BCUT2D eigenvalue weighted by molar-refractivity contribution is 0.366. The number of aromatic nitrogens is 2. The Labute approximate surface area is 177 Å². The van der Waals surface area contributed by atoms with Crippen molar-refractivity contribution < 1.29 is 0 Å². The van der Waals surface area contributed by atoms with Crippen molar-refractivity contribution in [3.8, 4) is 0 Å². The third kappa shape index (κ3) is 5.38. The fraction of sp³-hybridized carbons (Fsp3) is 0.444. The number of nitrogens with zero attached hydrogens (tertiary/aromatic N) is 2. The molecule has 0 saturated carbocycles. The van der Waals surface area contributed by atoms with E-state index in [2.05, 4.69) is 92.2 Å². The highest BCUT2D eigenvalue weighted by Crippen LogP contribution is 2.41. The van der Waals surface area contributed by atoms with Crippen LogP contribution < -0.4 is 0 Å². The topological polar surface area (TPSA) is 17.8 Å². The molecule has 0 radical (unpaired) electrons. The zero-order chi connectivity index (χ0) is 20.5. The summed E-state index contributed by atoms with van der Waals surface area (Å²) in [5.74, 6) is 1.53. The minimum Gasteiger partial charge on any atom is -0.335 e. The Kier molecular flexibility index (Phi) is 7.69. The highest BCUT2D eigenvalue weighted by molar-refractivity contribution is 5.32. The summed E-state index contributed by atoms with van der Waals surface area (Å²) >= 11 is 0. The number of imidazole rings is 1. The normalized spacial score (nSPS) is 14.4. The van der Waals surface area contributed by atoms with E-state index in [1.165, 1.54) is 49.1 Å². The van der Waals surface area contributed by atoms with Crippen LogP contribution in [-0.2, 0) is 18.4 Å². The molecule has 0 bridgehead atoms. The van der Waals surface area contributed by atoms with E-state index >= 15 is 0 Å². The maximum Gasteiger partial charge on any atom is 0.112 e. The summed E-state index contributed by atoms with van der Waals surface area (Å²) in [7, 11) is 0. The fourth-order valence-corrected chi connectivity index (χ4v) is 4.40. The Bertz CT molecular complexity index is 837. The highest BCUT2D eigenvalue weighted by atomic mass is 15.1. The van der Waals surface area contributed by atoms with Crippen molar-refractivity contribution in [1.82, 2.24) is 9.55 Å².